The fraction of sp³-hybridized carbons (Fsp3) is 0.0714. The van der Waals surface area contributed by atoms with Gasteiger partial charge in [-0.1, -0.05) is 0 Å². The van der Waals surface area contributed by atoms with E-state index in [1.165, 1.54) is 36.4 Å². The van der Waals surface area contributed by atoms with Crippen LogP contribution >= 0.6 is 0 Å². The van der Waals surface area contributed by atoms with Crippen molar-refractivity contribution in [3.8, 4) is 0 Å². The summed E-state index contributed by atoms with van der Waals surface area (Å²) in [5.74, 6) is 0. The van der Waals surface area contributed by atoms with Crippen molar-refractivity contribution in [1.29, 1.82) is 0 Å². The molecule has 0 fully saturated rings. The summed E-state index contributed by atoms with van der Waals surface area (Å²) in [6, 6.07) is 10.3. The van der Waals surface area contributed by atoms with Crippen LogP contribution in [0.4, 0.5) is 35.0 Å². The van der Waals surface area contributed by atoms with Crippen molar-refractivity contribution in [3.63, 3.8) is 0 Å². The van der Waals surface area contributed by atoms with E-state index in [-0.39, 0.29) is 5.69 Å². The van der Waals surface area contributed by atoms with Crippen LogP contribution in [0.2, 0.25) is 0 Å². The van der Waals surface area contributed by atoms with Gasteiger partial charge in [0, 0.05) is 5.69 Å². The maximum atomic E-state index is 12.4. The van der Waals surface area contributed by atoms with Gasteiger partial charge >= 0.3 is 12.3 Å². The number of hydrogen-bond donors (Lipinski definition) is 2. The van der Waals surface area contributed by atoms with Crippen LogP contribution in [-0.4, -0.2) is 11.2 Å². The Balaban J connectivity index is 2.06. The molecule has 2 N–H and O–H groups in total. The Morgan fingerprint density at radius 2 is 1.36 bits per heavy atom. The maximum absolute atomic E-state index is 12.4. The molecule has 0 unspecified atom stereocenters. The molecule has 2 rings (SSSR count). The van der Waals surface area contributed by atoms with Crippen molar-refractivity contribution in [3.05, 3.63) is 54.1 Å². The standard InChI is InChI=1S/C14H10F3N3O2/c15-14(16,17)9-1-3-11(4-2-9)19-20-12-7-5-10(6-8-12)18-13(21)22/h1-8,18H,(H,21,22)/b20-19+. The zero-order valence-electron chi connectivity index (χ0n) is 11.0. The van der Waals surface area contributed by atoms with Crippen LogP contribution < -0.4 is 5.32 Å². The molecule has 2 aromatic carbocycles. The summed E-state index contributed by atoms with van der Waals surface area (Å²) in [7, 11) is 0. The molecule has 0 heterocycles. The highest BCUT2D eigenvalue weighted by Gasteiger charge is 2.29. The molecule has 22 heavy (non-hydrogen) atoms. The molecule has 0 aliphatic carbocycles. The molecule has 5 nitrogen and oxygen atoms in total. The third-order valence-electron chi connectivity index (χ3n) is 2.59. The van der Waals surface area contributed by atoms with Gasteiger partial charge in [-0.2, -0.15) is 23.4 Å². The number of carboxylic acid groups (broad SMARTS) is 1. The summed E-state index contributed by atoms with van der Waals surface area (Å²) in [6.45, 7) is 0. The second kappa shape index (κ2) is 6.25. The van der Waals surface area contributed by atoms with Crippen molar-refractivity contribution in [1.82, 2.24) is 0 Å². The Morgan fingerprint density at radius 3 is 1.77 bits per heavy atom. The highest BCUT2D eigenvalue weighted by Crippen LogP contribution is 2.30. The fourth-order valence-electron chi connectivity index (χ4n) is 1.57. The second-order valence-corrected chi connectivity index (χ2v) is 4.22. The van der Waals surface area contributed by atoms with Crippen molar-refractivity contribution in [2.45, 2.75) is 6.18 Å². The van der Waals surface area contributed by atoms with E-state index in [9.17, 15) is 18.0 Å². The normalized spacial score (nSPS) is 11.6. The van der Waals surface area contributed by atoms with Gasteiger partial charge in [0.2, 0.25) is 0 Å². The highest BCUT2D eigenvalue weighted by atomic mass is 19.4. The van der Waals surface area contributed by atoms with Crippen LogP contribution in [0.5, 0.6) is 0 Å². The number of amides is 1. The largest absolute Gasteiger partial charge is 0.465 e. The van der Waals surface area contributed by atoms with Crippen LogP contribution in [0.1, 0.15) is 5.56 Å². The molecular formula is C14H10F3N3O2. The minimum atomic E-state index is -4.39. The lowest BCUT2D eigenvalue weighted by Gasteiger charge is -2.05. The fourth-order valence-corrected chi connectivity index (χ4v) is 1.57. The molecule has 0 aromatic heterocycles. The molecule has 8 heteroatoms. The van der Waals surface area contributed by atoms with Gasteiger partial charge in [-0.3, -0.25) is 5.32 Å². The Morgan fingerprint density at radius 1 is 0.909 bits per heavy atom. The average Bonchev–Trinajstić information content (AvgIpc) is 2.45. The van der Waals surface area contributed by atoms with Gasteiger partial charge in [-0.15, -0.1) is 0 Å². The van der Waals surface area contributed by atoms with E-state index >= 15 is 0 Å². The maximum Gasteiger partial charge on any atom is 0.416 e. The molecule has 0 saturated heterocycles. The lowest BCUT2D eigenvalue weighted by atomic mass is 10.2. The van der Waals surface area contributed by atoms with Gasteiger partial charge in [0.1, 0.15) is 0 Å². The Kier molecular flexibility index (Phi) is 4.40. The summed E-state index contributed by atoms with van der Waals surface area (Å²) in [5.41, 5.74) is 0.341. The SMILES string of the molecule is O=C(O)Nc1ccc(/N=N/c2ccc(C(F)(F)F)cc2)cc1. The van der Waals surface area contributed by atoms with Gasteiger partial charge in [0.05, 0.1) is 16.9 Å². The Labute approximate surface area is 123 Å². The Bertz CT molecular complexity index is 680. The number of nitrogens with zero attached hydrogens (tertiary/aromatic N) is 2. The highest BCUT2D eigenvalue weighted by molar-refractivity contribution is 5.82. The van der Waals surface area contributed by atoms with Crippen LogP contribution in [0.15, 0.2) is 58.8 Å². The molecule has 0 bridgehead atoms. The zero-order valence-corrected chi connectivity index (χ0v) is 11.0. The van der Waals surface area contributed by atoms with E-state index in [2.05, 4.69) is 15.5 Å². The van der Waals surface area contributed by atoms with E-state index in [1.54, 1.807) is 0 Å². The third kappa shape index (κ3) is 4.30. The van der Waals surface area contributed by atoms with Crippen LogP contribution in [0, 0.1) is 0 Å². The molecule has 0 aliphatic rings. The van der Waals surface area contributed by atoms with Crippen LogP contribution in [-0.2, 0) is 6.18 Å². The van der Waals surface area contributed by atoms with E-state index in [4.69, 9.17) is 5.11 Å². The predicted molar refractivity (Wildman–Crippen MR) is 73.7 cm³/mol. The van der Waals surface area contributed by atoms with Crippen molar-refractivity contribution < 1.29 is 23.1 Å². The summed E-state index contributed by atoms with van der Waals surface area (Å²) in [4.78, 5) is 10.4. The lowest BCUT2D eigenvalue weighted by molar-refractivity contribution is -0.137. The zero-order chi connectivity index (χ0) is 16.2. The lowest BCUT2D eigenvalue weighted by Crippen LogP contribution is -2.06. The molecule has 0 radical (unpaired) electrons. The van der Waals surface area contributed by atoms with Gasteiger partial charge in [-0.25, -0.2) is 4.79 Å². The van der Waals surface area contributed by atoms with Gasteiger partial charge < -0.3 is 5.11 Å². The molecule has 0 spiro atoms. The number of benzene rings is 2. The van der Waals surface area contributed by atoms with E-state index in [1.807, 2.05) is 0 Å². The van der Waals surface area contributed by atoms with Crippen molar-refractivity contribution in [2.75, 3.05) is 5.32 Å². The topological polar surface area (TPSA) is 74.0 Å². The first-order valence-electron chi connectivity index (χ1n) is 6.03. The van der Waals surface area contributed by atoms with E-state index in [0.29, 0.717) is 11.4 Å². The molecule has 0 aliphatic heterocycles. The number of halogens is 3. The molecule has 114 valence electrons. The van der Waals surface area contributed by atoms with E-state index in [0.717, 1.165) is 12.1 Å². The van der Waals surface area contributed by atoms with Crippen molar-refractivity contribution >= 4 is 23.2 Å². The molecule has 1 amide bonds. The number of nitrogens with one attached hydrogen (secondary N) is 1. The summed E-state index contributed by atoms with van der Waals surface area (Å²) < 4.78 is 37.2. The summed E-state index contributed by atoms with van der Waals surface area (Å²) in [6.07, 6.45) is -5.57. The number of carbonyl (C=O) groups is 1. The van der Waals surface area contributed by atoms with Crippen molar-refractivity contribution in [2.24, 2.45) is 10.2 Å². The number of anilines is 1. The average molecular weight is 309 g/mol. The van der Waals surface area contributed by atoms with Crippen LogP contribution in [0.3, 0.4) is 0 Å². The van der Waals surface area contributed by atoms with Gasteiger partial charge in [-0.05, 0) is 48.5 Å². The molecule has 0 saturated carbocycles. The molecule has 2 aromatic rings. The minimum absolute atomic E-state index is 0.278. The van der Waals surface area contributed by atoms with E-state index < -0.39 is 17.8 Å². The van der Waals surface area contributed by atoms with Gasteiger partial charge in [0.25, 0.3) is 0 Å². The van der Waals surface area contributed by atoms with Gasteiger partial charge in [0.15, 0.2) is 0 Å². The number of hydrogen-bond acceptors (Lipinski definition) is 3. The van der Waals surface area contributed by atoms with Crippen LogP contribution in [0.25, 0.3) is 0 Å². The molecule has 0 atom stereocenters. The third-order valence-corrected chi connectivity index (χ3v) is 2.59. The first kappa shape index (κ1) is 15.5. The number of azo groups is 1. The predicted octanol–water partition coefficient (Wildman–Crippen LogP) is 5.21. The Hall–Kier alpha value is -2.90. The number of rotatable bonds is 3. The first-order valence-corrected chi connectivity index (χ1v) is 6.03. The number of alkyl halides is 3. The summed E-state index contributed by atoms with van der Waals surface area (Å²) in [5, 5.41) is 18.4. The summed E-state index contributed by atoms with van der Waals surface area (Å²) >= 11 is 0. The quantitative estimate of drug-likeness (QED) is 0.764. The molecular weight excluding hydrogens is 299 g/mol. The second-order valence-electron chi connectivity index (χ2n) is 4.22. The minimum Gasteiger partial charge on any atom is -0.465 e. The first-order chi connectivity index (χ1) is 10.3. The monoisotopic (exact) mass is 309 g/mol. The smallest absolute Gasteiger partial charge is 0.416 e.